The summed E-state index contributed by atoms with van der Waals surface area (Å²) >= 11 is 0. The molecule has 5 rings (SSSR count). The highest BCUT2D eigenvalue weighted by Gasteiger charge is 2.51. The molecule has 1 heterocycles. The average molecular weight is 473 g/mol. The van der Waals surface area contributed by atoms with Gasteiger partial charge in [-0.05, 0) is 74.3 Å². The zero-order chi connectivity index (χ0) is 24.5. The van der Waals surface area contributed by atoms with Crippen LogP contribution in [0.3, 0.4) is 0 Å². The second kappa shape index (κ2) is 10.3. The van der Waals surface area contributed by atoms with Gasteiger partial charge >= 0.3 is 5.97 Å². The Hall–Kier alpha value is -2.42. The fourth-order valence-electron chi connectivity index (χ4n) is 6.72. The molecule has 2 aromatic carbocycles. The maximum atomic E-state index is 13.4. The topological polar surface area (TPSA) is 43.4 Å². The summed E-state index contributed by atoms with van der Waals surface area (Å²) in [6, 6.07) is 17.1. The lowest BCUT2D eigenvalue weighted by Gasteiger charge is -2.21. The summed E-state index contributed by atoms with van der Waals surface area (Å²) in [6.45, 7) is 6.66. The van der Waals surface area contributed by atoms with E-state index in [9.17, 15) is 9.59 Å². The number of hydrogen-bond acceptors (Lipinski definition) is 3. The van der Waals surface area contributed by atoms with Crippen LogP contribution in [-0.4, -0.2) is 11.8 Å². The zero-order valence-electron chi connectivity index (χ0n) is 21.5. The molecule has 3 heteroatoms. The quantitative estimate of drug-likeness (QED) is 0.316. The highest BCUT2D eigenvalue weighted by molar-refractivity contribution is 5.91. The molecule has 1 aliphatic heterocycles. The molecule has 0 bridgehead atoms. The fraction of sp³-hybridized carbons (Fsp3) is 0.562. The van der Waals surface area contributed by atoms with E-state index in [1.54, 1.807) is 0 Å². The van der Waals surface area contributed by atoms with Gasteiger partial charge in [0, 0.05) is 5.92 Å². The monoisotopic (exact) mass is 472 g/mol. The Morgan fingerprint density at radius 3 is 2.46 bits per heavy atom. The van der Waals surface area contributed by atoms with E-state index in [1.165, 1.54) is 55.2 Å². The standard InChI is InChI=1S/C32H40O3/c1-20-7-12-25(13-8-20)32-29(19-30(33)35-32)31(34)28-18-27(28)16-23-10-9-22(3)26(14-11-23)17-24-6-4-5-21(2)15-24/h4-8,12-13,15,22-23,26-29,32H,9-11,14,16-19H2,1-3H3/t22?,23?,26?,27?,28?,29-,32-/m1/s1. The number of benzene rings is 2. The van der Waals surface area contributed by atoms with Gasteiger partial charge in [-0.1, -0.05) is 85.8 Å². The molecule has 0 N–H and O–H groups in total. The summed E-state index contributed by atoms with van der Waals surface area (Å²) in [4.78, 5) is 25.6. The van der Waals surface area contributed by atoms with Gasteiger partial charge in [0.2, 0.25) is 0 Å². The zero-order valence-corrected chi connectivity index (χ0v) is 21.5. The molecule has 186 valence electrons. The predicted molar refractivity (Wildman–Crippen MR) is 139 cm³/mol. The molecule has 2 aliphatic carbocycles. The molecule has 5 unspecified atom stereocenters. The van der Waals surface area contributed by atoms with Crippen LogP contribution in [0.1, 0.15) is 80.2 Å². The van der Waals surface area contributed by atoms with E-state index in [0.29, 0.717) is 5.92 Å². The second-order valence-electron chi connectivity index (χ2n) is 11.8. The van der Waals surface area contributed by atoms with Crippen LogP contribution in [0.2, 0.25) is 0 Å². The molecule has 0 aromatic heterocycles. The Bertz CT molecular complexity index is 1050. The number of ketones is 1. The van der Waals surface area contributed by atoms with Gasteiger partial charge < -0.3 is 4.74 Å². The van der Waals surface area contributed by atoms with Crippen LogP contribution in [0.4, 0.5) is 0 Å². The van der Waals surface area contributed by atoms with Crippen molar-refractivity contribution in [3.63, 3.8) is 0 Å². The lowest BCUT2D eigenvalue weighted by Crippen LogP contribution is -2.21. The molecule has 2 saturated carbocycles. The van der Waals surface area contributed by atoms with Gasteiger partial charge in [-0.25, -0.2) is 0 Å². The number of hydrogen-bond donors (Lipinski definition) is 0. The minimum Gasteiger partial charge on any atom is -0.457 e. The number of rotatable bonds is 7. The first-order valence-corrected chi connectivity index (χ1v) is 13.7. The molecule has 3 aliphatic rings. The van der Waals surface area contributed by atoms with Gasteiger partial charge in [-0.3, -0.25) is 9.59 Å². The van der Waals surface area contributed by atoms with Crippen LogP contribution < -0.4 is 0 Å². The molecular formula is C32H40O3. The molecule has 2 aromatic rings. The van der Waals surface area contributed by atoms with Gasteiger partial charge in [0.25, 0.3) is 0 Å². The molecule has 3 nitrogen and oxygen atoms in total. The van der Waals surface area contributed by atoms with Crippen molar-refractivity contribution in [1.82, 2.24) is 0 Å². The highest BCUT2D eigenvalue weighted by atomic mass is 16.6. The summed E-state index contributed by atoms with van der Waals surface area (Å²) in [7, 11) is 0. The SMILES string of the molecule is Cc1ccc([C@H]2OC(=O)C[C@@H]2C(=O)C2CC2CC2CCC(C)C(Cc3cccc(C)c3)CC2)cc1. The van der Waals surface area contributed by atoms with Gasteiger partial charge in [0.05, 0.1) is 12.3 Å². The number of carbonyl (C=O) groups is 2. The molecule has 35 heavy (non-hydrogen) atoms. The maximum absolute atomic E-state index is 13.4. The van der Waals surface area contributed by atoms with E-state index in [0.717, 1.165) is 29.7 Å². The van der Waals surface area contributed by atoms with E-state index < -0.39 is 6.10 Å². The molecular weight excluding hydrogens is 432 g/mol. The van der Waals surface area contributed by atoms with E-state index in [1.807, 2.05) is 31.2 Å². The average Bonchev–Trinajstić information content (AvgIpc) is 3.53. The summed E-state index contributed by atoms with van der Waals surface area (Å²) in [6.07, 6.45) is 8.38. The second-order valence-corrected chi connectivity index (χ2v) is 11.8. The Morgan fingerprint density at radius 2 is 1.69 bits per heavy atom. The van der Waals surface area contributed by atoms with Crippen molar-refractivity contribution in [3.8, 4) is 0 Å². The van der Waals surface area contributed by atoms with E-state index in [2.05, 4.69) is 38.1 Å². The Kier molecular flexibility index (Phi) is 7.14. The summed E-state index contributed by atoms with van der Waals surface area (Å²) < 4.78 is 5.62. The summed E-state index contributed by atoms with van der Waals surface area (Å²) in [5, 5.41) is 0. The smallest absolute Gasteiger partial charge is 0.307 e. The fourth-order valence-corrected chi connectivity index (χ4v) is 6.72. The normalized spacial score (nSPS) is 32.7. The van der Waals surface area contributed by atoms with Gasteiger partial charge in [-0.15, -0.1) is 0 Å². The first kappa shape index (κ1) is 24.3. The van der Waals surface area contributed by atoms with E-state index in [-0.39, 0.29) is 30.0 Å². The number of ether oxygens (including phenoxy) is 1. The van der Waals surface area contributed by atoms with Gasteiger partial charge in [0.15, 0.2) is 0 Å². The van der Waals surface area contributed by atoms with Gasteiger partial charge in [0.1, 0.15) is 11.9 Å². The van der Waals surface area contributed by atoms with Crippen molar-refractivity contribution in [2.75, 3.05) is 0 Å². The van der Waals surface area contributed by atoms with E-state index >= 15 is 0 Å². The Balaban J connectivity index is 1.15. The van der Waals surface area contributed by atoms with E-state index in [4.69, 9.17) is 4.74 Å². The van der Waals surface area contributed by atoms with Crippen molar-refractivity contribution >= 4 is 11.8 Å². The van der Waals surface area contributed by atoms with Crippen molar-refractivity contribution in [2.24, 2.45) is 35.5 Å². The third kappa shape index (κ3) is 5.71. The van der Waals surface area contributed by atoms with Crippen LogP contribution in [0.25, 0.3) is 0 Å². The van der Waals surface area contributed by atoms with Crippen molar-refractivity contribution in [1.29, 1.82) is 0 Å². The Labute approximate surface area is 210 Å². The largest absolute Gasteiger partial charge is 0.457 e. The summed E-state index contributed by atoms with van der Waals surface area (Å²) in [5.74, 6) is 2.61. The van der Waals surface area contributed by atoms with Crippen LogP contribution in [0.5, 0.6) is 0 Å². The molecule has 1 saturated heterocycles. The predicted octanol–water partition coefficient (Wildman–Crippen LogP) is 7.19. The molecule has 0 radical (unpaired) electrons. The molecule has 7 atom stereocenters. The first-order chi connectivity index (χ1) is 16.9. The van der Waals surface area contributed by atoms with Crippen LogP contribution in [0, 0.1) is 49.4 Å². The minimum atomic E-state index is -0.405. The van der Waals surface area contributed by atoms with Crippen molar-refractivity contribution < 1.29 is 14.3 Å². The first-order valence-electron chi connectivity index (χ1n) is 13.7. The lowest BCUT2D eigenvalue weighted by atomic mass is 9.84. The number of carbonyl (C=O) groups excluding carboxylic acids is 2. The van der Waals surface area contributed by atoms with Crippen molar-refractivity contribution in [3.05, 3.63) is 70.8 Å². The van der Waals surface area contributed by atoms with Crippen LogP contribution in [-0.2, 0) is 20.7 Å². The highest BCUT2D eigenvalue weighted by Crippen LogP contribution is 2.50. The van der Waals surface area contributed by atoms with Gasteiger partial charge in [-0.2, -0.15) is 0 Å². The molecule has 0 amide bonds. The summed E-state index contributed by atoms with van der Waals surface area (Å²) in [5.41, 5.74) is 4.95. The number of cyclic esters (lactones) is 1. The molecule has 3 fully saturated rings. The number of aryl methyl sites for hydroxylation is 2. The molecule has 0 spiro atoms. The minimum absolute atomic E-state index is 0.131. The number of Topliss-reactive ketones (excluding diaryl/α,β-unsaturated/α-hetero) is 1. The van der Waals surface area contributed by atoms with Crippen LogP contribution in [0.15, 0.2) is 48.5 Å². The van der Waals surface area contributed by atoms with Crippen molar-refractivity contribution in [2.45, 2.75) is 78.2 Å². The lowest BCUT2D eigenvalue weighted by molar-refractivity contribution is -0.141. The third-order valence-corrected chi connectivity index (χ3v) is 9.07. The third-order valence-electron chi connectivity index (χ3n) is 9.07. The number of esters is 1. The Morgan fingerprint density at radius 1 is 0.914 bits per heavy atom. The van der Waals surface area contributed by atoms with Crippen LogP contribution >= 0.6 is 0 Å². The maximum Gasteiger partial charge on any atom is 0.307 e.